The van der Waals surface area contributed by atoms with Crippen LogP contribution < -0.4 is 10.6 Å². The Labute approximate surface area is 110 Å². The summed E-state index contributed by atoms with van der Waals surface area (Å²) < 4.78 is 0. The molecular weight excluding hydrogens is 222 g/mol. The Kier molecular flexibility index (Phi) is 3.27. The van der Waals surface area contributed by atoms with Gasteiger partial charge in [0, 0.05) is 44.5 Å². The van der Waals surface area contributed by atoms with E-state index in [0.717, 1.165) is 19.1 Å². The second-order valence-electron chi connectivity index (χ2n) is 5.59. The van der Waals surface area contributed by atoms with Gasteiger partial charge in [-0.1, -0.05) is 17.7 Å². The van der Waals surface area contributed by atoms with Crippen LogP contribution in [0.2, 0.25) is 0 Å². The lowest BCUT2D eigenvalue weighted by molar-refractivity contribution is 0.248. The molecule has 2 N–H and O–H groups in total. The van der Waals surface area contributed by atoms with E-state index < -0.39 is 0 Å². The van der Waals surface area contributed by atoms with Crippen molar-refractivity contribution in [2.75, 3.05) is 31.1 Å². The molecule has 0 amide bonds. The van der Waals surface area contributed by atoms with Gasteiger partial charge in [-0.25, -0.2) is 0 Å². The van der Waals surface area contributed by atoms with Crippen LogP contribution >= 0.6 is 0 Å². The molecular formula is C15H23N3. The SMILES string of the molecule is Cc1ccc(N2CCN(C3CC3)CC2)c(CN)c1. The zero-order valence-corrected chi connectivity index (χ0v) is 11.2. The first-order valence-electron chi connectivity index (χ1n) is 7.06. The molecule has 0 spiro atoms. The summed E-state index contributed by atoms with van der Waals surface area (Å²) >= 11 is 0. The van der Waals surface area contributed by atoms with E-state index in [-0.39, 0.29) is 0 Å². The Balaban J connectivity index is 1.71. The number of rotatable bonds is 3. The first kappa shape index (κ1) is 12.0. The number of hydrogen-bond acceptors (Lipinski definition) is 3. The van der Waals surface area contributed by atoms with Crippen LogP contribution in [-0.4, -0.2) is 37.1 Å². The van der Waals surface area contributed by atoms with Crippen LogP contribution in [0.5, 0.6) is 0 Å². The summed E-state index contributed by atoms with van der Waals surface area (Å²) in [5.41, 5.74) is 9.81. The van der Waals surface area contributed by atoms with Gasteiger partial charge in [-0.2, -0.15) is 0 Å². The quantitative estimate of drug-likeness (QED) is 0.880. The molecule has 1 heterocycles. The Morgan fingerprint density at radius 3 is 2.50 bits per heavy atom. The van der Waals surface area contributed by atoms with Crippen LogP contribution in [0.4, 0.5) is 5.69 Å². The molecule has 2 aliphatic rings. The number of hydrogen-bond donors (Lipinski definition) is 1. The van der Waals surface area contributed by atoms with Gasteiger partial charge in [0.2, 0.25) is 0 Å². The highest BCUT2D eigenvalue weighted by molar-refractivity contribution is 5.55. The number of piperazine rings is 1. The molecule has 1 aromatic carbocycles. The summed E-state index contributed by atoms with van der Waals surface area (Å²) in [6.45, 7) is 7.48. The van der Waals surface area contributed by atoms with Crippen molar-refractivity contribution in [1.82, 2.24) is 4.90 Å². The van der Waals surface area contributed by atoms with Crippen molar-refractivity contribution in [3.05, 3.63) is 29.3 Å². The Bertz CT molecular complexity index is 418. The summed E-state index contributed by atoms with van der Waals surface area (Å²) in [5.74, 6) is 0. The van der Waals surface area contributed by atoms with Crippen molar-refractivity contribution in [3.8, 4) is 0 Å². The number of nitrogens with two attached hydrogens (primary N) is 1. The van der Waals surface area contributed by atoms with Crippen LogP contribution in [0.15, 0.2) is 18.2 Å². The molecule has 1 aliphatic heterocycles. The van der Waals surface area contributed by atoms with E-state index in [0.29, 0.717) is 6.54 Å². The fraction of sp³-hybridized carbons (Fsp3) is 0.600. The molecule has 0 aromatic heterocycles. The van der Waals surface area contributed by atoms with Gasteiger partial charge in [0.1, 0.15) is 0 Å². The smallest absolute Gasteiger partial charge is 0.0412 e. The van der Waals surface area contributed by atoms with Gasteiger partial charge in [0.05, 0.1) is 0 Å². The molecule has 1 aliphatic carbocycles. The molecule has 0 radical (unpaired) electrons. The molecule has 0 bridgehead atoms. The molecule has 1 saturated heterocycles. The highest BCUT2D eigenvalue weighted by atomic mass is 15.3. The molecule has 98 valence electrons. The monoisotopic (exact) mass is 245 g/mol. The predicted octanol–water partition coefficient (Wildman–Crippen LogP) is 1.74. The van der Waals surface area contributed by atoms with Gasteiger partial charge in [-0.15, -0.1) is 0 Å². The molecule has 3 nitrogen and oxygen atoms in total. The minimum atomic E-state index is 0.639. The first-order valence-corrected chi connectivity index (χ1v) is 7.06. The van der Waals surface area contributed by atoms with Crippen LogP contribution in [-0.2, 0) is 6.54 Å². The second-order valence-corrected chi connectivity index (χ2v) is 5.59. The van der Waals surface area contributed by atoms with E-state index in [9.17, 15) is 0 Å². The summed E-state index contributed by atoms with van der Waals surface area (Å²) in [6, 6.07) is 7.56. The van der Waals surface area contributed by atoms with E-state index in [1.165, 1.54) is 42.7 Å². The second kappa shape index (κ2) is 4.90. The third kappa shape index (κ3) is 2.38. The topological polar surface area (TPSA) is 32.5 Å². The minimum Gasteiger partial charge on any atom is -0.369 e. The van der Waals surface area contributed by atoms with E-state index in [4.69, 9.17) is 5.73 Å². The van der Waals surface area contributed by atoms with Crippen molar-refractivity contribution in [2.45, 2.75) is 32.4 Å². The van der Waals surface area contributed by atoms with Gasteiger partial charge < -0.3 is 10.6 Å². The van der Waals surface area contributed by atoms with Gasteiger partial charge in [-0.05, 0) is 31.4 Å². The van der Waals surface area contributed by atoms with Crippen LogP contribution in [0.25, 0.3) is 0 Å². The maximum atomic E-state index is 5.87. The summed E-state index contributed by atoms with van der Waals surface area (Å²) in [7, 11) is 0. The van der Waals surface area contributed by atoms with Gasteiger partial charge in [0.15, 0.2) is 0 Å². The average molecular weight is 245 g/mol. The molecule has 0 unspecified atom stereocenters. The van der Waals surface area contributed by atoms with Gasteiger partial charge >= 0.3 is 0 Å². The molecule has 3 rings (SSSR count). The lowest BCUT2D eigenvalue weighted by atomic mass is 10.1. The Hall–Kier alpha value is -1.06. The zero-order valence-electron chi connectivity index (χ0n) is 11.2. The summed E-state index contributed by atoms with van der Waals surface area (Å²) in [5, 5.41) is 0. The van der Waals surface area contributed by atoms with Crippen molar-refractivity contribution >= 4 is 5.69 Å². The van der Waals surface area contributed by atoms with Crippen molar-refractivity contribution in [1.29, 1.82) is 0 Å². The van der Waals surface area contributed by atoms with Gasteiger partial charge in [0.25, 0.3) is 0 Å². The van der Waals surface area contributed by atoms with E-state index in [1.807, 2.05) is 0 Å². The maximum absolute atomic E-state index is 5.87. The fourth-order valence-corrected chi connectivity index (χ4v) is 2.95. The van der Waals surface area contributed by atoms with Crippen molar-refractivity contribution in [3.63, 3.8) is 0 Å². The van der Waals surface area contributed by atoms with E-state index in [2.05, 4.69) is 34.9 Å². The van der Waals surface area contributed by atoms with Crippen LogP contribution in [0.1, 0.15) is 24.0 Å². The number of nitrogens with zero attached hydrogens (tertiary/aromatic N) is 2. The van der Waals surface area contributed by atoms with Crippen molar-refractivity contribution < 1.29 is 0 Å². The normalized spacial score (nSPS) is 21.3. The molecule has 1 aromatic rings. The highest BCUT2D eigenvalue weighted by Crippen LogP contribution is 2.29. The third-order valence-corrected chi connectivity index (χ3v) is 4.17. The third-order valence-electron chi connectivity index (χ3n) is 4.17. The lowest BCUT2D eigenvalue weighted by Gasteiger charge is -2.37. The van der Waals surface area contributed by atoms with Crippen LogP contribution in [0, 0.1) is 6.92 Å². The highest BCUT2D eigenvalue weighted by Gasteiger charge is 2.31. The largest absolute Gasteiger partial charge is 0.369 e. The summed E-state index contributed by atoms with van der Waals surface area (Å²) in [4.78, 5) is 5.15. The predicted molar refractivity (Wildman–Crippen MR) is 75.9 cm³/mol. The van der Waals surface area contributed by atoms with Crippen LogP contribution in [0.3, 0.4) is 0 Å². The average Bonchev–Trinajstić information content (AvgIpc) is 3.23. The lowest BCUT2D eigenvalue weighted by Crippen LogP contribution is -2.47. The first-order chi connectivity index (χ1) is 8.78. The standard InChI is InChI=1S/C15H23N3/c1-12-2-5-15(13(10-12)11-16)18-8-6-17(7-9-18)14-3-4-14/h2,5,10,14H,3-4,6-9,11,16H2,1H3. The number of anilines is 1. The molecule has 18 heavy (non-hydrogen) atoms. The van der Waals surface area contributed by atoms with E-state index in [1.54, 1.807) is 0 Å². The van der Waals surface area contributed by atoms with Crippen molar-refractivity contribution in [2.24, 2.45) is 5.73 Å². The number of aryl methyl sites for hydroxylation is 1. The fourth-order valence-electron chi connectivity index (χ4n) is 2.95. The Morgan fingerprint density at radius 2 is 1.89 bits per heavy atom. The Morgan fingerprint density at radius 1 is 1.17 bits per heavy atom. The molecule has 2 fully saturated rings. The maximum Gasteiger partial charge on any atom is 0.0412 e. The number of benzene rings is 1. The molecule has 0 atom stereocenters. The van der Waals surface area contributed by atoms with E-state index >= 15 is 0 Å². The zero-order chi connectivity index (χ0) is 12.5. The van der Waals surface area contributed by atoms with Gasteiger partial charge in [-0.3, -0.25) is 4.90 Å². The molecule has 3 heteroatoms. The molecule has 1 saturated carbocycles. The summed E-state index contributed by atoms with van der Waals surface area (Å²) in [6.07, 6.45) is 2.83. The minimum absolute atomic E-state index is 0.639.